The van der Waals surface area contributed by atoms with Crippen molar-refractivity contribution < 1.29 is 8.42 Å². The van der Waals surface area contributed by atoms with Gasteiger partial charge >= 0.3 is 0 Å². The van der Waals surface area contributed by atoms with E-state index in [1.54, 1.807) is 42.5 Å². The molecule has 0 bridgehead atoms. The highest BCUT2D eigenvalue weighted by Crippen LogP contribution is 2.19. The fraction of sp³-hybridized carbons (Fsp3) is 0.300. The van der Waals surface area contributed by atoms with Crippen molar-refractivity contribution in [3.8, 4) is 0 Å². The summed E-state index contributed by atoms with van der Waals surface area (Å²) in [6, 6.07) is 11.9. The van der Waals surface area contributed by atoms with Crippen molar-refractivity contribution in [3.63, 3.8) is 0 Å². The first kappa shape index (κ1) is 20.0. The largest absolute Gasteiger partial charge is 0.309 e. The van der Waals surface area contributed by atoms with Gasteiger partial charge in [-0.1, -0.05) is 29.3 Å². The van der Waals surface area contributed by atoms with Crippen molar-refractivity contribution in [1.82, 2.24) is 19.2 Å². The molecular weight excluding hydrogens is 412 g/mol. The van der Waals surface area contributed by atoms with Gasteiger partial charge in [-0.25, -0.2) is 13.4 Å². The summed E-state index contributed by atoms with van der Waals surface area (Å²) in [6.45, 7) is 4.29. The first-order valence-electron chi connectivity index (χ1n) is 9.30. The number of H-pyrrole nitrogens is 1. The molecule has 1 saturated heterocycles. The number of aromatic amines is 1. The number of halogens is 1. The summed E-state index contributed by atoms with van der Waals surface area (Å²) in [4.78, 5) is 22.0. The molecule has 1 N–H and O–H groups in total. The molecule has 1 fully saturated rings. The molecule has 0 amide bonds. The molecule has 3 aromatic rings. The van der Waals surface area contributed by atoms with Crippen LogP contribution in [0.2, 0.25) is 5.02 Å². The van der Waals surface area contributed by atoms with E-state index < -0.39 is 10.0 Å². The van der Waals surface area contributed by atoms with Crippen LogP contribution >= 0.6 is 11.6 Å². The molecule has 0 aliphatic carbocycles. The summed E-state index contributed by atoms with van der Waals surface area (Å²) < 4.78 is 27.1. The van der Waals surface area contributed by atoms with Gasteiger partial charge < -0.3 is 4.98 Å². The highest BCUT2D eigenvalue weighted by atomic mass is 35.5. The lowest BCUT2D eigenvalue weighted by Gasteiger charge is -2.33. The van der Waals surface area contributed by atoms with E-state index in [0.717, 1.165) is 5.56 Å². The standard InChI is InChI=1S/C20H21ClN4O3S/c1-14-2-5-16(6-3-14)29(27,28)25-10-8-24(9-11-25)13-19-22-18-7-4-15(21)12-17(18)20(26)23-19/h2-7,12H,8-11,13H2,1H3,(H,22,23,26). The fourth-order valence-electron chi connectivity index (χ4n) is 3.43. The van der Waals surface area contributed by atoms with E-state index in [-0.39, 0.29) is 5.56 Å². The summed E-state index contributed by atoms with van der Waals surface area (Å²) in [5, 5.41) is 0.943. The molecule has 0 atom stereocenters. The van der Waals surface area contributed by atoms with Gasteiger partial charge in [0.15, 0.2) is 0 Å². The maximum absolute atomic E-state index is 12.8. The van der Waals surface area contributed by atoms with Crippen LogP contribution in [0, 0.1) is 6.92 Å². The number of sulfonamides is 1. The Kier molecular flexibility index (Phi) is 5.44. The van der Waals surface area contributed by atoms with Gasteiger partial charge in [-0.05, 0) is 37.3 Å². The molecular formula is C20H21ClN4O3S. The number of piperazine rings is 1. The van der Waals surface area contributed by atoms with Gasteiger partial charge in [-0.15, -0.1) is 0 Å². The molecule has 29 heavy (non-hydrogen) atoms. The topological polar surface area (TPSA) is 86.4 Å². The Morgan fingerprint density at radius 3 is 2.45 bits per heavy atom. The predicted octanol–water partition coefficient (Wildman–Crippen LogP) is 2.39. The number of hydrogen-bond donors (Lipinski definition) is 1. The normalized spacial score (nSPS) is 16.3. The van der Waals surface area contributed by atoms with E-state index in [1.807, 2.05) is 6.92 Å². The van der Waals surface area contributed by atoms with Crippen molar-refractivity contribution in [2.24, 2.45) is 0 Å². The average molecular weight is 433 g/mol. The number of aromatic nitrogens is 2. The number of aryl methyl sites for hydroxylation is 1. The predicted molar refractivity (Wildman–Crippen MR) is 113 cm³/mol. The summed E-state index contributed by atoms with van der Waals surface area (Å²) in [7, 11) is -3.49. The third kappa shape index (κ3) is 4.20. The number of nitrogens with one attached hydrogen (secondary N) is 1. The van der Waals surface area contributed by atoms with E-state index in [9.17, 15) is 13.2 Å². The fourth-order valence-corrected chi connectivity index (χ4v) is 5.03. The molecule has 0 spiro atoms. The van der Waals surface area contributed by atoms with Crippen molar-refractivity contribution >= 4 is 32.5 Å². The third-order valence-corrected chi connectivity index (χ3v) is 7.23. The van der Waals surface area contributed by atoms with E-state index >= 15 is 0 Å². The Labute approximate surface area is 174 Å². The Balaban J connectivity index is 1.45. The van der Waals surface area contributed by atoms with Gasteiger partial charge in [0.1, 0.15) is 5.82 Å². The van der Waals surface area contributed by atoms with Crippen molar-refractivity contribution in [1.29, 1.82) is 0 Å². The van der Waals surface area contributed by atoms with Crippen LogP contribution in [0.15, 0.2) is 52.2 Å². The highest BCUT2D eigenvalue weighted by molar-refractivity contribution is 7.89. The van der Waals surface area contributed by atoms with E-state index in [4.69, 9.17) is 11.6 Å². The van der Waals surface area contributed by atoms with Gasteiger partial charge in [0, 0.05) is 31.2 Å². The summed E-state index contributed by atoms with van der Waals surface area (Å²) in [5.74, 6) is 0.555. The molecule has 1 aliphatic rings. The minimum absolute atomic E-state index is 0.229. The number of benzene rings is 2. The highest BCUT2D eigenvalue weighted by Gasteiger charge is 2.28. The van der Waals surface area contributed by atoms with Gasteiger partial charge in [-0.2, -0.15) is 4.31 Å². The Bertz CT molecular complexity index is 1200. The zero-order chi connectivity index (χ0) is 20.6. The molecule has 7 nitrogen and oxygen atoms in total. The molecule has 2 heterocycles. The van der Waals surface area contributed by atoms with Crippen LogP contribution in [-0.2, 0) is 16.6 Å². The van der Waals surface area contributed by atoms with E-state index in [1.165, 1.54) is 4.31 Å². The number of fused-ring (bicyclic) bond motifs is 1. The Morgan fingerprint density at radius 1 is 1.07 bits per heavy atom. The molecule has 1 aromatic heterocycles. The molecule has 0 radical (unpaired) electrons. The molecule has 9 heteroatoms. The number of rotatable bonds is 4. The maximum Gasteiger partial charge on any atom is 0.258 e. The smallest absolute Gasteiger partial charge is 0.258 e. The lowest BCUT2D eigenvalue weighted by atomic mass is 10.2. The SMILES string of the molecule is Cc1ccc(S(=O)(=O)N2CCN(Cc3nc4ccc(Cl)cc4c(=O)[nH]3)CC2)cc1. The van der Waals surface area contributed by atoms with Crippen LogP contribution < -0.4 is 5.56 Å². The lowest BCUT2D eigenvalue weighted by Crippen LogP contribution is -2.48. The second-order valence-corrected chi connectivity index (χ2v) is 9.54. The Hall–Kier alpha value is -2.26. The quantitative estimate of drug-likeness (QED) is 0.684. The van der Waals surface area contributed by atoms with E-state index in [0.29, 0.717) is 59.4 Å². The number of hydrogen-bond acceptors (Lipinski definition) is 5. The van der Waals surface area contributed by atoms with Crippen LogP contribution in [0.25, 0.3) is 10.9 Å². The first-order chi connectivity index (χ1) is 13.8. The van der Waals surface area contributed by atoms with Crippen LogP contribution in [0.5, 0.6) is 0 Å². The molecule has 0 saturated carbocycles. The van der Waals surface area contributed by atoms with Crippen molar-refractivity contribution in [2.75, 3.05) is 26.2 Å². The minimum atomic E-state index is -3.49. The second kappa shape index (κ2) is 7.87. The van der Waals surface area contributed by atoms with Crippen molar-refractivity contribution in [3.05, 3.63) is 69.2 Å². The number of nitrogens with zero attached hydrogens (tertiary/aromatic N) is 3. The maximum atomic E-state index is 12.8. The third-order valence-electron chi connectivity index (χ3n) is 5.08. The zero-order valence-electron chi connectivity index (χ0n) is 15.9. The van der Waals surface area contributed by atoms with Crippen LogP contribution in [0.4, 0.5) is 0 Å². The molecule has 2 aromatic carbocycles. The molecule has 1 aliphatic heterocycles. The lowest BCUT2D eigenvalue weighted by molar-refractivity contribution is 0.178. The zero-order valence-corrected chi connectivity index (χ0v) is 17.5. The molecule has 0 unspecified atom stereocenters. The van der Waals surface area contributed by atoms with E-state index in [2.05, 4.69) is 14.9 Å². The van der Waals surface area contributed by atoms with Gasteiger partial charge in [0.2, 0.25) is 10.0 Å². The summed E-state index contributed by atoms with van der Waals surface area (Å²) in [6.07, 6.45) is 0. The van der Waals surface area contributed by atoms with Gasteiger partial charge in [0.25, 0.3) is 5.56 Å². The second-order valence-electron chi connectivity index (χ2n) is 7.17. The first-order valence-corrected chi connectivity index (χ1v) is 11.1. The van der Waals surface area contributed by atoms with Crippen LogP contribution in [0.3, 0.4) is 0 Å². The van der Waals surface area contributed by atoms with Crippen LogP contribution in [0.1, 0.15) is 11.4 Å². The summed E-state index contributed by atoms with van der Waals surface area (Å²) >= 11 is 5.95. The molecule has 152 valence electrons. The molecule has 4 rings (SSSR count). The summed E-state index contributed by atoms with van der Waals surface area (Å²) in [5.41, 5.74) is 1.38. The monoisotopic (exact) mass is 432 g/mol. The Morgan fingerprint density at radius 2 is 1.76 bits per heavy atom. The van der Waals surface area contributed by atoms with Gasteiger partial charge in [-0.3, -0.25) is 9.69 Å². The van der Waals surface area contributed by atoms with Crippen molar-refractivity contribution in [2.45, 2.75) is 18.4 Å². The van der Waals surface area contributed by atoms with Gasteiger partial charge in [0.05, 0.1) is 22.3 Å². The van der Waals surface area contributed by atoms with Crippen LogP contribution in [-0.4, -0.2) is 53.8 Å². The minimum Gasteiger partial charge on any atom is -0.309 e. The average Bonchev–Trinajstić information content (AvgIpc) is 2.69.